The van der Waals surface area contributed by atoms with Crippen LogP contribution in [0, 0.1) is 5.92 Å². The van der Waals surface area contributed by atoms with E-state index in [1.165, 1.54) is 6.42 Å². The molecule has 208 valence electrons. The molecule has 1 aliphatic rings. The third-order valence-electron chi connectivity index (χ3n) is 4.76. The van der Waals surface area contributed by atoms with Crippen LogP contribution in [-0.2, 0) is 23.7 Å². The van der Waals surface area contributed by atoms with Crippen LogP contribution in [0.25, 0.3) is 0 Å². The van der Waals surface area contributed by atoms with Gasteiger partial charge in [0.15, 0.2) is 0 Å². The van der Waals surface area contributed by atoms with Crippen molar-refractivity contribution in [3.05, 3.63) is 12.2 Å². The molecule has 3 N–H and O–H groups in total. The highest BCUT2D eigenvalue weighted by Crippen LogP contribution is 2.49. The lowest BCUT2D eigenvalue weighted by atomic mass is 9.95. The third kappa shape index (κ3) is 22.6. The van der Waals surface area contributed by atoms with Crippen molar-refractivity contribution in [2.24, 2.45) is 5.92 Å². The Hall–Kier alpha value is -0.330. The van der Waals surface area contributed by atoms with Gasteiger partial charge in [-0.15, -0.1) is 0 Å². The molecular weight excluding hydrogens is 488 g/mol. The molecule has 0 spiro atoms. The summed E-state index contributed by atoms with van der Waals surface area (Å²) >= 11 is 0. The average molecular weight is 539 g/mol. The fourth-order valence-corrected chi connectivity index (χ4v) is 5.28. The van der Waals surface area contributed by atoms with Crippen molar-refractivity contribution in [1.29, 1.82) is 0 Å². The fraction of sp³-hybridized carbons (Fsp3) is 0.880. The lowest BCUT2D eigenvalue weighted by Gasteiger charge is -2.40. The number of rotatable bonds is 21. The van der Waals surface area contributed by atoms with Crippen molar-refractivity contribution in [3.63, 3.8) is 0 Å². The molecule has 1 aliphatic carbocycles. The predicted molar refractivity (Wildman–Crippen MR) is 148 cm³/mol. The maximum Gasteiger partial charge on any atom is 0.222 e. The first-order chi connectivity index (χ1) is 16.8. The number of aliphatic hydroxyl groups excluding tert-OH is 1. The van der Waals surface area contributed by atoms with Crippen LogP contribution in [0.4, 0.5) is 0 Å². The maximum absolute atomic E-state index is 11.6. The molecule has 1 rings (SSSR count). The molecule has 0 radical (unpaired) electrons. The van der Waals surface area contributed by atoms with E-state index in [9.17, 15) is 4.79 Å². The quantitative estimate of drug-likeness (QED) is 0.0876. The maximum atomic E-state index is 11.6. The number of amides is 1. The number of ether oxygens (including phenoxy) is 4. The van der Waals surface area contributed by atoms with Crippen LogP contribution in [-0.4, -0.2) is 94.2 Å². The largest absolute Gasteiger partial charge is 0.394 e. The summed E-state index contributed by atoms with van der Waals surface area (Å²) in [6.07, 6.45) is 10.0. The van der Waals surface area contributed by atoms with Gasteiger partial charge in [0.05, 0.1) is 52.9 Å². The Morgan fingerprint density at radius 3 is 2.23 bits per heavy atom. The minimum absolute atomic E-state index is 0.0137. The van der Waals surface area contributed by atoms with E-state index in [1.54, 1.807) is 10.8 Å². The first kappa shape index (κ1) is 34.7. The molecule has 10 heteroatoms. The number of carbonyl (C=O) groups is 1. The van der Waals surface area contributed by atoms with Crippen molar-refractivity contribution in [3.8, 4) is 0 Å². The normalized spacial score (nSPS) is 14.7. The van der Waals surface area contributed by atoms with E-state index < -0.39 is 0 Å². The molecular formula is C25H50N2O6S2. The molecule has 0 unspecified atom stereocenters. The van der Waals surface area contributed by atoms with Gasteiger partial charge < -0.3 is 34.7 Å². The van der Waals surface area contributed by atoms with Gasteiger partial charge in [-0.05, 0) is 31.4 Å². The monoisotopic (exact) mass is 538 g/mol. The lowest BCUT2D eigenvalue weighted by Crippen LogP contribution is -2.36. The molecule has 0 saturated heterocycles. The van der Waals surface area contributed by atoms with Gasteiger partial charge >= 0.3 is 0 Å². The average Bonchev–Trinajstić information content (AvgIpc) is 2.79. The zero-order valence-electron chi connectivity index (χ0n) is 22.5. The number of nitrogens with one attached hydrogen (secondary N) is 2. The third-order valence-corrected chi connectivity index (χ3v) is 7.17. The number of allylic oxidation sites excluding steroid dienone is 1. The molecule has 0 bridgehead atoms. The van der Waals surface area contributed by atoms with Gasteiger partial charge in [-0.25, -0.2) is 0 Å². The summed E-state index contributed by atoms with van der Waals surface area (Å²) < 4.78 is 21.9. The first-order valence-corrected chi connectivity index (χ1v) is 15.3. The lowest BCUT2D eigenvalue weighted by molar-refractivity contribution is -0.122. The van der Waals surface area contributed by atoms with Crippen molar-refractivity contribution in [1.82, 2.24) is 10.6 Å². The summed E-state index contributed by atoms with van der Waals surface area (Å²) in [5, 5.41) is 14.4. The molecule has 1 saturated carbocycles. The molecule has 1 amide bonds. The summed E-state index contributed by atoms with van der Waals surface area (Å²) in [6.45, 7) is 13.7. The summed E-state index contributed by atoms with van der Waals surface area (Å²) in [6, 6.07) is 0.512. The van der Waals surface area contributed by atoms with Gasteiger partial charge in [-0.3, -0.25) is 4.79 Å². The van der Waals surface area contributed by atoms with E-state index in [2.05, 4.69) is 50.7 Å². The number of hydrogen-bond acceptors (Lipinski definition) is 9. The SMILES string of the molecule is CC(C)NCCOCCO.CSSC1(OCCOCCOCCC(=O)NC/C=C/C(C)C)CCC1. The standard InChI is InChI=1S/C18H33NO4S2.C7H17NO2/c1-16(2)6-4-10-19-17(20)7-11-21-12-13-22-14-15-23-18(25-24-3)8-5-9-18;1-7(2)8-3-5-10-6-4-9/h4,6,16H,5,7-15H2,1-3H3,(H,19,20);7-9H,3-6H2,1-2H3/b6-4+;. The van der Waals surface area contributed by atoms with E-state index in [-0.39, 0.29) is 17.4 Å². The van der Waals surface area contributed by atoms with Crippen LogP contribution in [0.5, 0.6) is 0 Å². The van der Waals surface area contributed by atoms with Gasteiger partial charge in [-0.1, -0.05) is 61.4 Å². The van der Waals surface area contributed by atoms with Gasteiger partial charge in [0, 0.05) is 25.6 Å². The highest BCUT2D eigenvalue weighted by atomic mass is 33.1. The number of aliphatic hydroxyl groups is 1. The van der Waals surface area contributed by atoms with Crippen molar-refractivity contribution < 1.29 is 28.8 Å². The van der Waals surface area contributed by atoms with E-state index >= 15 is 0 Å². The highest BCUT2D eigenvalue weighted by Gasteiger charge is 2.38. The van der Waals surface area contributed by atoms with Gasteiger partial charge in [0.25, 0.3) is 0 Å². The minimum Gasteiger partial charge on any atom is -0.394 e. The minimum atomic E-state index is 0.0137. The Balaban J connectivity index is 0.000000972. The summed E-state index contributed by atoms with van der Waals surface area (Å²) in [5.74, 6) is 0.522. The van der Waals surface area contributed by atoms with Crippen LogP contribution in [0.2, 0.25) is 0 Å². The molecule has 0 aromatic carbocycles. The van der Waals surface area contributed by atoms with Gasteiger partial charge in [0.2, 0.25) is 5.91 Å². The van der Waals surface area contributed by atoms with Gasteiger partial charge in [0.1, 0.15) is 4.93 Å². The fourth-order valence-electron chi connectivity index (χ4n) is 2.83. The number of carbonyl (C=O) groups excluding carboxylic acids is 1. The zero-order valence-corrected chi connectivity index (χ0v) is 24.1. The molecule has 0 aliphatic heterocycles. The van der Waals surface area contributed by atoms with Crippen LogP contribution in [0.15, 0.2) is 12.2 Å². The zero-order chi connectivity index (χ0) is 26.2. The Morgan fingerprint density at radius 1 is 1.00 bits per heavy atom. The summed E-state index contributed by atoms with van der Waals surface area (Å²) in [7, 11) is 3.59. The molecule has 0 aromatic rings. The molecule has 0 heterocycles. The molecule has 35 heavy (non-hydrogen) atoms. The molecule has 0 aromatic heterocycles. The first-order valence-electron chi connectivity index (χ1n) is 12.7. The van der Waals surface area contributed by atoms with Gasteiger partial charge in [-0.2, -0.15) is 0 Å². The summed E-state index contributed by atoms with van der Waals surface area (Å²) in [5.41, 5.74) is 0. The van der Waals surface area contributed by atoms with Crippen molar-refractivity contribution >= 4 is 27.5 Å². The van der Waals surface area contributed by atoms with E-state index in [0.717, 1.165) is 19.4 Å². The Labute approximate surface area is 221 Å². The topological polar surface area (TPSA) is 98.3 Å². The van der Waals surface area contributed by atoms with Crippen molar-refractivity contribution in [2.45, 2.75) is 64.4 Å². The summed E-state index contributed by atoms with van der Waals surface area (Å²) in [4.78, 5) is 11.6. The van der Waals surface area contributed by atoms with Crippen LogP contribution < -0.4 is 10.6 Å². The number of hydrogen-bond donors (Lipinski definition) is 3. The second-order valence-corrected chi connectivity index (χ2v) is 11.5. The van der Waals surface area contributed by atoms with E-state index in [0.29, 0.717) is 71.2 Å². The second kappa shape index (κ2) is 24.0. The Kier molecular flexibility index (Phi) is 23.8. The van der Waals surface area contributed by atoms with E-state index in [4.69, 9.17) is 24.1 Å². The Morgan fingerprint density at radius 2 is 1.66 bits per heavy atom. The van der Waals surface area contributed by atoms with E-state index in [1.807, 2.05) is 16.9 Å². The second-order valence-electron chi connectivity index (χ2n) is 8.76. The van der Waals surface area contributed by atoms with Crippen LogP contribution >= 0.6 is 21.6 Å². The van der Waals surface area contributed by atoms with Crippen molar-refractivity contribution in [2.75, 3.05) is 72.2 Å². The molecule has 0 atom stereocenters. The molecule has 8 nitrogen and oxygen atoms in total. The molecule has 1 fully saturated rings. The highest BCUT2D eigenvalue weighted by molar-refractivity contribution is 8.76. The predicted octanol–water partition coefficient (Wildman–Crippen LogP) is 3.64. The van der Waals surface area contributed by atoms with Crippen LogP contribution in [0.3, 0.4) is 0 Å². The van der Waals surface area contributed by atoms with Crippen LogP contribution in [0.1, 0.15) is 53.4 Å². The smallest absolute Gasteiger partial charge is 0.222 e. The Bertz CT molecular complexity index is 520.